The number of fused-ring (bicyclic) bond motifs is 1. The number of aryl methyl sites for hydroxylation is 1. The first kappa shape index (κ1) is 13.1. The number of hydrogen-bond donors (Lipinski definition) is 1. The Labute approximate surface area is 108 Å². The van der Waals surface area contributed by atoms with Crippen molar-refractivity contribution < 1.29 is 9.90 Å². The first-order chi connectivity index (χ1) is 8.12. The molecule has 1 N–H and O–H groups in total. The van der Waals surface area contributed by atoms with Crippen LogP contribution in [0.5, 0.6) is 0 Å². The summed E-state index contributed by atoms with van der Waals surface area (Å²) in [6, 6.07) is 1.83. The van der Waals surface area contributed by atoms with Crippen LogP contribution < -0.4 is 0 Å². The molecule has 0 unspecified atom stereocenters. The molecule has 0 saturated carbocycles. The van der Waals surface area contributed by atoms with Gasteiger partial charge in [-0.1, -0.05) is 27.7 Å². The third-order valence-corrected chi connectivity index (χ3v) is 3.82. The lowest BCUT2D eigenvalue weighted by Crippen LogP contribution is -2.36. The van der Waals surface area contributed by atoms with E-state index in [2.05, 4.69) is 32.7 Å². The molecule has 0 radical (unpaired) electrons. The SMILES string of the molecule is Cc1nc2c(cc1C(=O)O)C(C)(C)CC(C)(C)C2. The minimum atomic E-state index is -0.886. The van der Waals surface area contributed by atoms with E-state index in [1.165, 1.54) is 0 Å². The standard InChI is InChI=1S/C15H21NO2/c1-9-10(13(17)18)6-11-12(16-9)7-14(2,3)8-15(11,4)5/h6H,7-8H2,1-5H3,(H,17,18). The average Bonchev–Trinajstić information content (AvgIpc) is 2.11. The van der Waals surface area contributed by atoms with E-state index in [-0.39, 0.29) is 10.8 Å². The Morgan fingerprint density at radius 1 is 1.33 bits per heavy atom. The number of carboxylic acids is 1. The first-order valence-electron chi connectivity index (χ1n) is 6.37. The van der Waals surface area contributed by atoms with Crippen molar-refractivity contribution in [1.29, 1.82) is 0 Å². The zero-order valence-electron chi connectivity index (χ0n) is 11.8. The molecular weight excluding hydrogens is 226 g/mol. The quantitative estimate of drug-likeness (QED) is 0.828. The van der Waals surface area contributed by atoms with Crippen LogP contribution in [0.4, 0.5) is 0 Å². The molecule has 0 bridgehead atoms. The van der Waals surface area contributed by atoms with Gasteiger partial charge in [-0.3, -0.25) is 4.98 Å². The summed E-state index contributed by atoms with van der Waals surface area (Å²) in [5.41, 5.74) is 3.34. The molecule has 1 aliphatic carbocycles. The molecule has 0 spiro atoms. The van der Waals surface area contributed by atoms with Crippen LogP contribution in [0.2, 0.25) is 0 Å². The third kappa shape index (κ3) is 2.14. The summed E-state index contributed by atoms with van der Waals surface area (Å²) < 4.78 is 0. The Bertz CT molecular complexity index is 515. The number of carbonyl (C=O) groups is 1. The Hall–Kier alpha value is -1.38. The molecule has 0 saturated heterocycles. The molecule has 0 amide bonds. The van der Waals surface area contributed by atoms with Gasteiger partial charge in [-0.15, -0.1) is 0 Å². The van der Waals surface area contributed by atoms with Crippen molar-refractivity contribution in [1.82, 2.24) is 4.98 Å². The number of nitrogens with zero attached hydrogens (tertiary/aromatic N) is 1. The molecule has 2 rings (SSSR count). The lowest BCUT2D eigenvalue weighted by molar-refractivity contribution is 0.0695. The average molecular weight is 247 g/mol. The molecule has 98 valence electrons. The Kier molecular flexibility index (Phi) is 2.76. The van der Waals surface area contributed by atoms with Gasteiger partial charge in [0.1, 0.15) is 0 Å². The van der Waals surface area contributed by atoms with Crippen molar-refractivity contribution in [3.05, 3.63) is 28.6 Å². The summed E-state index contributed by atoms with van der Waals surface area (Å²) >= 11 is 0. The fourth-order valence-electron chi connectivity index (χ4n) is 3.40. The van der Waals surface area contributed by atoms with Crippen LogP contribution in [0.1, 0.15) is 61.4 Å². The van der Waals surface area contributed by atoms with Gasteiger partial charge >= 0.3 is 5.97 Å². The molecule has 3 nitrogen and oxygen atoms in total. The number of aromatic carboxylic acids is 1. The zero-order chi connectivity index (χ0) is 13.7. The lowest BCUT2D eigenvalue weighted by Gasteiger charge is -2.41. The Morgan fingerprint density at radius 2 is 1.94 bits per heavy atom. The van der Waals surface area contributed by atoms with Gasteiger partial charge in [0.2, 0.25) is 0 Å². The molecule has 18 heavy (non-hydrogen) atoms. The maximum atomic E-state index is 11.2. The van der Waals surface area contributed by atoms with E-state index in [0.29, 0.717) is 11.3 Å². The molecule has 1 aromatic rings. The number of carboxylic acid groups (broad SMARTS) is 1. The second-order valence-corrected chi connectivity index (χ2v) is 6.82. The van der Waals surface area contributed by atoms with Crippen molar-refractivity contribution in [3.63, 3.8) is 0 Å². The van der Waals surface area contributed by atoms with Gasteiger partial charge in [-0.25, -0.2) is 4.79 Å². The maximum Gasteiger partial charge on any atom is 0.337 e. The van der Waals surface area contributed by atoms with Crippen LogP contribution in [0.3, 0.4) is 0 Å². The minimum Gasteiger partial charge on any atom is -0.478 e. The second-order valence-electron chi connectivity index (χ2n) is 6.82. The maximum absolute atomic E-state index is 11.2. The van der Waals surface area contributed by atoms with E-state index in [0.717, 1.165) is 24.1 Å². The predicted molar refractivity (Wildman–Crippen MR) is 71.1 cm³/mol. The monoisotopic (exact) mass is 247 g/mol. The summed E-state index contributed by atoms with van der Waals surface area (Å²) in [6.45, 7) is 10.6. The molecular formula is C15H21NO2. The summed E-state index contributed by atoms with van der Waals surface area (Å²) in [7, 11) is 0. The van der Waals surface area contributed by atoms with Crippen molar-refractivity contribution in [2.24, 2.45) is 5.41 Å². The molecule has 1 aliphatic rings. The minimum absolute atomic E-state index is 0.0119. The predicted octanol–water partition coefficient (Wildman–Crippen LogP) is 3.34. The number of aromatic nitrogens is 1. The Balaban J connectivity index is 2.63. The lowest BCUT2D eigenvalue weighted by atomic mass is 9.64. The molecule has 1 aromatic heterocycles. The third-order valence-electron chi connectivity index (χ3n) is 3.82. The summed E-state index contributed by atoms with van der Waals surface area (Å²) in [4.78, 5) is 15.8. The van der Waals surface area contributed by atoms with Gasteiger partial charge in [0.25, 0.3) is 0 Å². The molecule has 0 aromatic carbocycles. The fraction of sp³-hybridized carbons (Fsp3) is 0.600. The van der Waals surface area contributed by atoms with Crippen molar-refractivity contribution in [3.8, 4) is 0 Å². The highest BCUT2D eigenvalue weighted by Crippen LogP contribution is 2.45. The van der Waals surface area contributed by atoms with Crippen molar-refractivity contribution in [2.45, 2.75) is 52.9 Å². The molecule has 0 atom stereocenters. The van der Waals surface area contributed by atoms with E-state index < -0.39 is 5.97 Å². The van der Waals surface area contributed by atoms with Crippen LogP contribution >= 0.6 is 0 Å². The van der Waals surface area contributed by atoms with E-state index in [1.807, 2.05) is 6.07 Å². The second kappa shape index (κ2) is 3.81. The number of pyridine rings is 1. The first-order valence-corrected chi connectivity index (χ1v) is 6.37. The molecule has 0 fully saturated rings. The summed E-state index contributed by atoms with van der Waals surface area (Å²) in [6.07, 6.45) is 1.98. The normalized spacial score (nSPS) is 20.3. The largest absolute Gasteiger partial charge is 0.478 e. The number of hydrogen-bond acceptors (Lipinski definition) is 2. The molecule has 0 aliphatic heterocycles. The topological polar surface area (TPSA) is 50.2 Å². The Morgan fingerprint density at radius 3 is 2.50 bits per heavy atom. The van der Waals surface area contributed by atoms with E-state index in [9.17, 15) is 9.90 Å². The van der Waals surface area contributed by atoms with Gasteiger partial charge < -0.3 is 5.11 Å². The van der Waals surface area contributed by atoms with Crippen LogP contribution in [0.15, 0.2) is 6.07 Å². The van der Waals surface area contributed by atoms with E-state index in [4.69, 9.17) is 0 Å². The molecule has 1 heterocycles. The van der Waals surface area contributed by atoms with Gasteiger partial charge in [0, 0.05) is 5.69 Å². The zero-order valence-corrected chi connectivity index (χ0v) is 11.8. The van der Waals surface area contributed by atoms with Gasteiger partial charge in [-0.2, -0.15) is 0 Å². The van der Waals surface area contributed by atoms with E-state index >= 15 is 0 Å². The summed E-state index contributed by atoms with van der Waals surface area (Å²) in [5, 5.41) is 9.20. The smallest absolute Gasteiger partial charge is 0.337 e. The van der Waals surface area contributed by atoms with Crippen LogP contribution in [-0.4, -0.2) is 16.1 Å². The fourth-order valence-corrected chi connectivity index (χ4v) is 3.40. The van der Waals surface area contributed by atoms with E-state index in [1.54, 1.807) is 6.92 Å². The highest BCUT2D eigenvalue weighted by Gasteiger charge is 2.38. The highest BCUT2D eigenvalue weighted by molar-refractivity contribution is 5.89. The van der Waals surface area contributed by atoms with Crippen LogP contribution in [-0.2, 0) is 11.8 Å². The van der Waals surface area contributed by atoms with Crippen LogP contribution in [0, 0.1) is 12.3 Å². The van der Waals surface area contributed by atoms with Crippen LogP contribution in [0.25, 0.3) is 0 Å². The van der Waals surface area contributed by atoms with Crippen molar-refractivity contribution in [2.75, 3.05) is 0 Å². The number of rotatable bonds is 1. The highest BCUT2D eigenvalue weighted by atomic mass is 16.4. The van der Waals surface area contributed by atoms with Gasteiger partial charge in [0.15, 0.2) is 0 Å². The molecule has 3 heteroatoms. The van der Waals surface area contributed by atoms with Crippen molar-refractivity contribution >= 4 is 5.97 Å². The van der Waals surface area contributed by atoms with Gasteiger partial charge in [-0.05, 0) is 42.2 Å². The summed E-state index contributed by atoms with van der Waals surface area (Å²) in [5.74, 6) is -0.886. The van der Waals surface area contributed by atoms with Gasteiger partial charge in [0.05, 0.1) is 11.3 Å².